The highest BCUT2D eigenvalue weighted by Crippen LogP contribution is 2.28. The largest absolute Gasteiger partial charge is 0.490 e. The van der Waals surface area contributed by atoms with Gasteiger partial charge >= 0.3 is 0 Å². The normalized spacial score (nSPS) is 11.9. The first-order valence-electron chi connectivity index (χ1n) is 10.4. The number of amides is 2. The zero-order valence-electron chi connectivity index (χ0n) is 18.9. The van der Waals surface area contributed by atoms with Gasteiger partial charge in [0.1, 0.15) is 25.0 Å². The number of ether oxygens (including phenoxy) is 3. The molecule has 0 spiro atoms. The van der Waals surface area contributed by atoms with Gasteiger partial charge in [-0.2, -0.15) is 0 Å². The highest BCUT2D eigenvalue weighted by Gasteiger charge is 2.21. The van der Waals surface area contributed by atoms with Crippen LogP contribution in [0.1, 0.15) is 45.0 Å². The molecule has 2 N–H and O–H groups in total. The smallest absolute Gasteiger partial charge is 0.252 e. The van der Waals surface area contributed by atoms with E-state index in [1.165, 1.54) is 0 Å². The summed E-state index contributed by atoms with van der Waals surface area (Å²) in [5.74, 6) is 1.14. The number of rotatable bonds is 10. The minimum Gasteiger partial charge on any atom is -0.490 e. The van der Waals surface area contributed by atoms with Crippen LogP contribution >= 0.6 is 0 Å². The molecular formula is C24H32N2O5. The van der Waals surface area contributed by atoms with E-state index < -0.39 is 6.04 Å². The molecule has 1 unspecified atom stereocenters. The summed E-state index contributed by atoms with van der Waals surface area (Å²) in [7, 11) is 0. The minimum absolute atomic E-state index is 0.246. The number of nitrogens with one attached hydrogen (secondary N) is 2. The lowest BCUT2D eigenvalue weighted by atomic mass is 10.1. The van der Waals surface area contributed by atoms with Crippen LogP contribution in [0.3, 0.4) is 0 Å². The molecule has 0 fully saturated rings. The molecule has 0 saturated heterocycles. The number of hydrogen-bond acceptors (Lipinski definition) is 5. The van der Waals surface area contributed by atoms with Gasteiger partial charge in [-0.15, -0.1) is 0 Å². The molecule has 0 radical (unpaired) electrons. The Morgan fingerprint density at radius 3 is 2.26 bits per heavy atom. The standard InChI is InChI=1S/C24H32N2O5/c1-6-29-21-16-18(23(28)25-17(2)22(27)26-24(3,4)5)12-13-20(21)31-15-14-30-19-10-8-7-9-11-19/h7-13,16-17H,6,14-15H2,1-5H3,(H,25,28)(H,26,27). The molecule has 0 aliphatic heterocycles. The summed E-state index contributed by atoms with van der Waals surface area (Å²) >= 11 is 0. The topological polar surface area (TPSA) is 85.9 Å². The van der Waals surface area contributed by atoms with Crippen molar-refractivity contribution in [3.63, 3.8) is 0 Å². The summed E-state index contributed by atoms with van der Waals surface area (Å²) in [4.78, 5) is 24.8. The van der Waals surface area contributed by atoms with E-state index in [4.69, 9.17) is 14.2 Å². The van der Waals surface area contributed by atoms with E-state index in [2.05, 4.69) is 10.6 Å². The van der Waals surface area contributed by atoms with Gasteiger partial charge in [-0.3, -0.25) is 9.59 Å². The molecule has 0 aliphatic rings. The van der Waals surface area contributed by atoms with Gasteiger partial charge in [0.2, 0.25) is 5.91 Å². The van der Waals surface area contributed by atoms with Crippen molar-refractivity contribution in [3.8, 4) is 17.2 Å². The average Bonchev–Trinajstić information content (AvgIpc) is 2.71. The Morgan fingerprint density at radius 1 is 0.935 bits per heavy atom. The molecule has 168 valence electrons. The third-order valence-corrected chi connectivity index (χ3v) is 4.10. The molecule has 0 heterocycles. The second-order valence-electron chi connectivity index (χ2n) is 8.04. The Labute approximate surface area is 184 Å². The first-order chi connectivity index (χ1) is 14.7. The molecule has 7 nitrogen and oxygen atoms in total. The lowest BCUT2D eigenvalue weighted by Crippen LogP contribution is -2.50. The molecule has 0 aliphatic carbocycles. The number of carbonyl (C=O) groups excluding carboxylic acids is 2. The monoisotopic (exact) mass is 428 g/mol. The van der Waals surface area contributed by atoms with Crippen LogP contribution in [0.5, 0.6) is 17.2 Å². The predicted molar refractivity (Wildman–Crippen MR) is 120 cm³/mol. The molecule has 0 bridgehead atoms. The van der Waals surface area contributed by atoms with Crippen molar-refractivity contribution in [1.29, 1.82) is 0 Å². The fourth-order valence-corrected chi connectivity index (χ4v) is 2.69. The van der Waals surface area contributed by atoms with Gasteiger partial charge in [0.25, 0.3) is 5.91 Å². The highest BCUT2D eigenvalue weighted by molar-refractivity contribution is 5.98. The third kappa shape index (κ3) is 8.20. The van der Waals surface area contributed by atoms with Gasteiger partial charge in [-0.05, 0) is 65.0 Å². The van der Waals surface area contributed by atoms with Crippen LogP contribution in [-0.4, -0.2) is 43.2 Å². The van der Waals surface area contributed by atoms with E-state index in [0.717, 1.165) is 5.75 Å². The molecule has 2 aromatic rings. The van der Waals surface area contributed by atoms with E-state index in [9.17, 15) is 9.59 Å². The molecular weight excluding hydrogens is 396 g/mol. The van der Waals surface area contributed by atoms with Gasteiger partial charge in [-0.25, -0.2) is 0 Å². The van der Waals surface area contributed by atoms with Crippen molar-refractivity contribution < 1.29 is 23.8 Å². The van der Waals surface area contributed by atoms with Crippen LogP contribution < -0.4 is 24.8 Å². The number of para-hydroxylation sites is 1. The maximum atomic E-state index is 12.6. The van der Waals surface area contributed by atoms with Crippen molar-refractivity contribution in [2.45, 2.75) is 46.2 Å². The van der Waals surface area contributed by atoms with Gasteiger partial charge in [0.15, 0.2) is 11.5 Å². The Kier molecular flexibility index (Phi) is 8.73. The van der Waals surface area contributed by atoms with Crippen molar-refractivity contribution in [1.82, 2.24) is 10.6 Å². The second kappa shape index (κ2) is 11.2. The fourth-order valence-electron chi connectivity index (χ4n) is 2.69. The summed E-state index contributed by atoms with van der Waals surface area (Å²) in [6, 6.07) is 13.7. The summed E-state index contributed by atoms with van der Waals surface area (Å²) < 4.78 is 17.0. The van der Waals surface area contributed by atoms with Crippen LogP contribution in [0.4, 0.5) is 0 Å². The highest BCUT2D eigenvalue weighted by atomic mass is 16.5. The van der Waals surface area contributed by atoms with Crippen LogP contribution in [0.25, 0.3) is 0 Å². The maximum absolute atomic E-state index is 12.6. The SMILES string of the molecule is CCOc1cc(C(=O)NC(C)C(=O)NC(C)(C)C)ccc1OCCOc1ccccc1. The van der Waals surface area contributed by atoms with E-state index >= 15 is 0 Å². The lowest BCUT2D eigenvalue weighted by molar-refractivity contribution is -0.124. The molecule has 31 heavy (non-hydrogen) atoms. The first kappa shape index (κ1) is 24.1. The molecule has 0 saturated carbocycles. The van der Waals surface area contributed by atoms with Gasteiger partial charge in [0.05, 0.1) is 6.61 Å². The number of hydrogen-bond donors (Lipinski definition) is 2. The summed E-state index contributed by atoms with van der Waals surface area (Å²) in [6.45, 7) is 10.3. The Hall–Kier alpha value is -3.22. The van der Waals surface area contributed by atoms with E-state index in [0.29, 0.717) is 36.9 Å². The first-order valence-corrected chi connectivity index (χ1v) is 10.4. The van der Waals surface area contributed by atoms with Gasteiger partial charge < -0.3 is 24.8 Å². The van der Waals surface area contributed by atoms with Crippen molar-refractivity contribution in [3.05, 3.63) is 54.1 Å². The zero-order valence-corrected chi connectivity index (χ0v) is 18.9. The van der Waals surface area contributed by atoms with Gasteiger partial charge in [0, 0.05) is 11.1 Å². The third-order valence-electron chi connectivity index (χ3n) is 4.10. The lowest BCUT2D eigenvalue weighted by Gasteiger charge is -2.23. The summed E-state index contributed by atoms with van der Waals surface area (Å²) in [5, 5.41) is 5.56. The van der Waals surface area contributed by atoms with Crippen molar-refractivity contribution in [2.24, 2.45) is 0 Å². The molecule has 0 aromatic heterocycles. The van der Waals surface area contributed by atoms with Crippen molar-refractivity contribution in [2.75, 3.05) is 19.8 Å². The fraction of sp³-hybridized carbons (Fsp3) is 0.417. The average molecular weight is 429 g/mol. The van der Waals surface area contributed by atoms with Crippen LogP contribution in [-0.2, 0) is 4.79 Å². The summed E-state index contributed by atoms with van der Waals surface area (Å²) in [6.07, 6.45) is 0. The maximum Gasteiger partial charge on any atom is 0.252 e. The van der Waals surface area contributed by atoms with Gasteiger partial charge in [-0.1, -0.05) is 18.2 Å². The molecule has 2 amide bonds. The van der Waals surface area contributed by atoms with Crippen molar-refractivity contribution >= 4 is 11.8 Å². The zero-order chi connectivity index (χ0) is 22.9. The Morgan fingerprint density at radius 2 is 1.61 bits per heavy atom. The van der Waals surface area contributed by atoms with E-state index in [1.54, 1.807) is 25.1 Å². The van der Waals surface area contributed by atoms with E-state index in [-0.39, 0.29) is 17.4 Å². The van der Waals surface area contributed by atoms with Crippen LogP contribution in [0.15, 0.2) is 48.5 Å². The minimum atomic E-state index is -0.673. The van der Waals surface area contributed by atoms with Crippen LogP contribution in [0.2, 0.25) is 0 Å². The second-order valence-corrected chi connectivity index (χ2v) is 8.04. The summed E-state index contributed by atoms with van der Waals surface area (Å²) in [5.41, 5.74) is 0.00765. The quantitative estimate of drug-likeness (QED) is 0.565. The Balaban J connectivity index is 1.96. The molecule has 2 rings (SSSR count). The Bertz CT molecular complexity index is 862. The number of benzene rings is 2. The van der Waals surface area contributed by atoms with Crippen LogP contribution in [0, 0.1) is 0 Å². The predicted octanol–water partition coefficient (Wildman–Crippen LogP) is 3.58. The van der Waals surface area contributed by atoms with E-state index in [1.807, 2.05) is 58.0 Å². The molecule has 7 heteroatoms. The number of carbonyl (C=O) groups is 2. The molecule has 1 atom stereocenters. The molecule has 2 aromatic carbocycles.